The lowest BCUT2D eigenvalue weighted by atomic mass is 9.82. The summed E-state index contributed by atoms with van der Waals surface area (Å²) in [6, 6.07) is 0.452. The maximum atomic E-state index is 5.83. The van der Waals surface area contributed by atoms with E-state index in [9.17, 15) is 0 Å². The van der Waals surface area contributed by atoms with E-state index in [-0.39, 0.29) is 5.54 Å². The van der Waals surface area contributed by atoms with Gasteiger partial charge >= 0.3 is 0 Å². The van der Waals surface area contributed by atoms with Crippen LogP contribution in [0.25, 0.3) is 0 Å². The molecule has 0 aromatic carbocycles. The molecule has 1 saturated heterocycles. The summed E-state index contributed by atoms with van der Waals surface area (Å²) in [5.74, 6) is 6.61. The Morgan fingerprint density at radius 1 is 1.12 bits per heavy atom. The van der Waals surface area contributed by atoms with E-state index in [0.29, 0.717) is 6.04 Å². The number of nitrogens with zero attached hydrogens (tertiary/aromatic N) is 1. The van der Waals surface area contributed by atoms with Crippen LogP contribution >= 0.6 is 0 Å². The first-order chi connectivity index (χ1) is 7.66. The average Bonchev–Trinajstić information content (AvgIpc) is 2.91. The van der Waals surface area contributed by atoms with Crippen LogP contribution in [0.4, 0.5) is 0 Å². The Balaban J connectivity index is 2.05. The highest BCUT2D eigenvalue weighted by atomic mass is 15.3. The Morgan fingerprint density at radius 3 is 2.19 bits per heavy atom. The fourth-order valence-electron chi connectivity index (χ4n) is 3.70. The van der Waals surface area contributed by atoms with Crippen molar-refractivity contribution in [3.63, 3.8) is 0 Å². The minimum atomic E-state index is 0.209. The van der Waals surface area contributed by atoms with Crippen LogP contribution in [0.1, 0.15) is 52.4 Å². The third kappa shape index (κ3) is 2.27. The number of nitrogens with two attached hydrogens (primary N) is 1. The standard InChI is InChI=1S/C13H27N3/c1-13(2,16-9-5-6-10-16)12(15-14)11-7-3-4-8-11/h11-12,15H,3-10,14H2,1-2H3. The first-order valence-electron chi connectivity index (χ1n) is 6.87. The summed E-state index contributed by atoms with van der Waals surface area (Å²) in [5, 5.41) is 0. The Morgan fingerprint density at radius 2 is 1.69 bits per heavy atom. The van der Waals surface area contributed by atoms with E-state index in [2.05, 4.69) is 24.2 Å². The number of hydrogen-bond donors (Lipinski definition) is 2. The summed E-state index contributed by atoms with van der Waals surface area (Å²) < 4.78 is 0. The summed E-state index contributed by atoms with van der Waals surface area (Å²) in [4.78, 5) is 2.62. The van der Waals surface area contributed by atoms with Crippen molar-refractivity contribution < 1.29 is 0 Å². The molecule has 1 aliphatic heterocycles. The minimum Gasteiger partial charge on any atom is -0.297 e. The van der Waals surface area contributed by atoms with Crippen molar-refractivity contribution in [2.45, 2.75) is 64.0 Å². The quantitative estimate of drug-likeness (QED) is 0.567. The zero-order valence-corrected chi connectivity index (χ0v) is 10.8. The lowest BCUT2D eigenvalue weighted by Crippen LogP contribution is -2.61. The maximum absolute atomic E-state index is 5.83. The zero-order valence-electron chi connectivity index (χ0n) is 10.8. The van der Waals surface area contributed by atoms with E-state index in [1.54, 1.807) is 0 Å². The van der Waals surface area contributed by atoms with Gasteiger partial charge < -0.3 is 0 Å². The van der Waals surface area contributed by atoms with Crippen LogP contribution in [-0.2, 0) is 0 Å². The molecule has 1 unspecified atom stereocenters. The molecule has 0 amide bonds. The molecule has 3 heteroatoms. The number of likely N-dealkylation sites (tertiary alicyclic amines) is 1. The molecule has 2 fully saturated rings. The summed E-state index contributed by atoms with van der Waals surface area (Å²) in [5.41, 5.74) is 3.33. The molecule has 2 aliphatic rings. The van der Waals surface area contributed by atoms with Gasteiger partial charge in [0.1, 0.15) is 0 Å². The molecule has 0 aromatic rings. The van der Waals surface area contributed by atoms with Crippen molar-refractivity contribution in [1.82, 2.24) is 10.3 Å². The van der Waals surface area contributed by atoms with E-state index in [1.165, 1.54) is 51.6 Å². The Hall–Kier alpha value is -0.120. The lowest BCUT2D eigenvalue weighted by molar-refractivity contribution is 0.0783. The largest absolute Gasteiger partial charge is 0.297 e. The van der Waals surface area contributed by atoms with E-state index in [1.807, 2.05) is 0 Å². The fourth-order valence-corrected chi connectivity index (χ4v) is 3.70. The highest BCUT2D eigenvalue weighted by Crippen LogP contribution is 2.35. The van der Waals surface area contributed by atoms with Crippen molar-refractivity contribution in [2.24, 2.45) is 11.8 Å². The second-order valence-electron chi connectivity index (χ2n) is 6.04. The highest BCUT2D eigenvalue weighted by molar-refractivity contribution is 4.98. The smallest absolute Gasteiger partial charge is 0.0417 e. The topological polar surface area (TPSA) is 41.3 Å². The predicted octanol–water partition coefficient (Wildman–Crippen LogP) is 1.88. The third-order valence-corrected chi connectivity index (χ3v) is 4.73. The molecule has 94 valence electrons. The normalized spacial score (nSPS) is 26.4. The van der Waals surface area contributed by atoms with Gasteiger partial charge in [-0.25, -0.2) is 0 Å². The SMILES string of the molecule is CC(C)(C(NN)C1CCCC1)N1CCCC1. The van der Waals surface area contributed by atoms with E-state index in [0.717, 1.165) is 5.92 Å². The van der Waals surface area contributed by atoms with Crippen LogP contribution in [0.3, 0.4) is 0 Å². The molecule has 0 bridgehead atoms. The first kappa shape index (κ1) is 12.3. The van der Waals surface area contributed by atoms with Crippen LogP contribution in [-0.4, -0.2) is 29.6 Å². The molecule has 1 heterocycles. The third-order valence-electron chi connectivity index (χ3n) is 4.73. The molecule has 3 nitrogen and oxygen atoms in total. The second-order valence-corrected chi connectivity index (χ2v) is 6.04. The summed E-state index contributed by atoms with van der Waals surface area (Å²) in [6.07, 6.45) is 8.19. The molecule has 1 atom stereocenters. The van der Waals surface area contributed by atoms with Gasteiger partial charge in [-0.1, -0.05) is 12.8 Å². The van der Waals surface area contributed by atoms with E-state index < -0.39 is 0 Å². The number of hydrazine groups is 1. The predicted molar refractivity (Wildman–Crippen MR) is 68.0 cm³/mol. The van der Waals surface area contributed by atoms with E-state index in [4.69, 9.17) is 5.84 Å². The monoisotopic (exact) mass is 225 g/mol. The molecule has 0 aromatic heterocycles. The maximum Gasteiger partial charge on any atom is 0.0417 e. The fraction of sp³-hybridized carbons (Fsp3) is 1.00. The number of hydrogen-bond acceptors (Lipinski definition) is 3. The summed E-state index contributed by atoms with van der Waals surface area (Å²) in [7, 11) is 0. The van der Waals surface area contributed by atoms with Gasteiger partial charge in [0.2, 0.25) is 0 Å². The molecule has 1 aliphatic carbocycles. The van der Waals surface area contributed by atoms with Gasteiger partial charge in [0, 0.05) is 11.6 Å². The molecule has 1 saturated carbocycles. The number of nitrogens with one attached hydrogen (secondary N) is 1. The van der Waals surface area contributed by atoms with Crippen LogP contribution in [0.5, 0.6) is 0 Å². The van der Waals surface area contributed by atoms with Crippen LogP contribution < -0.4 is 11.3 Å². The van der Waals surface area contributed by atoms with Gasteiger partial charge in [-0.05, 0) is 58.5 Å². The lowest BCUT2D eigenvalue weighted by Gasteiger charge is -2.44. The summed E-state index contributed by atoms with van der Waals surface area (Å²) in [6.45, 7) is 7.22. The van der Waals surface area contributed by atoms with Crippen molar-refractivity contribution in [3.8, 4) is 0 Å². The molecule has 3 N–H and O–H groups in total. The van der Waals surface area contributed by atoms with Crippen LogP contribution in [0, 0.1) is 5.92 Å². The second kappa shape index (κ2) is 5.03. The Labute approximate surface area is 99.7 Å². The summed E-state index contributed by atoms with van der Waals surface area (Å²) >= 11 is 0. The van der Waals surface area contributed by atoms with Gasteiger partial charge in [-0.15, -0.1) is 0 Å². The molecule has 0 radical (unpaired) electrons. The van der Waals surface area contributed by atoms with Crippen LogP contribution in [0.15, 0.2) is 0 Å². The molecular weight excluding hydrogens is 198 g/mol. The van der Waals surface area contributed by atoms with Gasteiger partial charge in [0.25, 0.3) is 0 Å². The number of rotatable bonds is 4. The Bertz CT molecular complexity index is 215. The van der Waals surface area contributed by atoms with Crippen molar-refractivity contribution in [3.05, 3.63) is 0 Å². The van der Waals surface area contributed by atoms with Crippen molar-refractivity contribution in [1.29, 1.82) is 0 Å². The zero-order chi connectivity index (χ0) is 11.6. The molecule has 16 heavy (non-hydrogen) atoms. The van der Waals surface area contributed by atoms with Gasteiger partial charge in [-0.2, -0.15) is 0 Å². The van der Waals surface area contributed by atoms with Crippen molar-refractivity contribution in [2.75, 3.05) is 13.1 Å². The highest BCUT2D eigenvalue weighted by Gasteiger charge is 2.40. The molecule has 2 rings (SSSR count). The Kier molecular flexibility index (Phi) is 3.88. The minimum absolute atomic E-state index is 0.209. The molecular formula is C13H27N3. The van der Waals surface area contributed by atoms with Gasteiger partial charge in [0.15, 0.2) is 0 Å². The van der Waals surface area contributed by atoms with Crippen molar-refractivity contribution >= 4 is 0 Å². The van der Waals surface area contributed by atoms with Gasteiger partial charge in [-0.3, -0.25) is 16.2 Å². The average molecular weight is 225 g/mol. The first-order valence-corrected chi connectivity index (χ1v) is 6.87. The molecule has 0 spiro atoms. The van der Waals surface area contributed by atoms with Gasteiger partial charge in [0.05, 0.1) is 0 Å². The van der Waals surface area contributed by atoms with Crippen LogP contribution in [0.2, 0.25) is 0 Å². The van der Waals surface area contributed by atoms with E-state index >= 15 is 0 Å².